The predicted octanol–water partition coefficient (Wildman–Crippen LogP) is 0.141. The molecule has 0 heterocycles. The van der Waals surface area contributed by atoms with E-state index in [0.717, 1.165) is 0 Å². The molecule has 0 bridgehead atoms. The van der Waals surface area contributed by atoms with Gasteiger partial charge >= 0.3 is 0 Å². The molecule has 0 saturated heterocycles. The largest absolute Gasteiger partial charge is 0.508 e. The first-order valence-electron chi connectivity index (χ1n) is 3.12. The first kappa shape index (κ1) is 6.09. The molecule has 0 atom stereocenters. The van der Waals surface area contributed by atoms with Gasteiger partial charge in [-0.2, -0.15) is 0 Å². The third-order valence-electron chi connectivity index (χ3n) is 1.70. The van der Waals surface area contributed by atoms with Gasteiger partial charge in [0.05, 0.1) is 0 Å². The van der Waals surface area contributed by atoms with E-state index in [1.165, 1.54) is 18.2 Å². The van der Waals surface area contributed by atoms with Crippen molar-refractivity contribution in [1.82, 2.24) is 0 Å². The molecule has 1 N–H and O–H groups in total. The second-order valence-electron chi connectivity index (χ2n) is 2.39. The highest BCUT2D eigenvalue weighted by molar-refractivity contribution is 5.88. The molecule has 0 aliphatic carbocycles. The Morgan fingerprint density at radius 1 is 1.00 bits per heavy atom. The standard InChI is InChI=1S/C8H4O3/c9-4-1-2-5-6(3-4)8(11)7(5)10/h1-3,9H. The first-order chi connectivity index (χ1) is 5.20. The molecule has 0 aliphatic heterocycles. The summed E-state index contributed by atoms with van der Waals surface area (Å²) in [6, 6.07) is 4.15. The maximum Gasteiger partial charge on any atom is 0.234 e. The molecule has 2 aromatic rings. The molecule has 2 rings (SSSR count). The molecule has 0 radical (unpaired) electrons. The molecule has 0 amide bonds. The van der Waals surface area contributed by atoms with E-state index < -0.39 is 10.9 Å². The fourth-order valence-corrected chi connectivity index (χ4v) is 1.10. The van der Waals surface area contributed by atoms with Gasteiger partial charge in [-0.15, -0.1) is 0 Å². The minimum atomic E-state index is -0.504. The third-order valence-corrected chi connectivity index (χ3v) is 1.70. The van der Waals surface area contributed by atoms with Crippen molar-refractivity contribution in [1.29, 1.82) is 0 Å². The van der Waals surface area contributed by atoms with Crippen LogP contribution in [0, 0.1) is 0 Å². The Bertz CT molecular complexity index is 489. The molecule has 0 saturated carbocycles. The van der Waals surface area contributed by atoms with Crippen LogP contribution in [-0.2, 0) is 0 Å². The van der Waals surface area contributed by atoms with Crippen molar-refractivity contribution in [3.8, 4) is 5.75 Å². The van der Waals surface area contributed by atoms with E-state index in [0.29, 0.717) is 10.8 Å². The van der Waals surface area contributed by atoms with Crippen molar-refractivity contribution in [3.05, 3.63) is 38.6 Å². The minimum absolute atomic E-state index is 0.0181. The lowest BCUT2D eigenvalue weighted by molar-refractivity contribution is 0.476. The molecular weight excluding hydrogens is 144 g/mol. The SMILES string of the molecule is O=c1c(=O)c2cc(O)ccc12. The molecule has 54 valence electrons. The Balaban J connectivity index is 2.99. The maximum absolute atomic E-state index is 10.7. The van der Waals surface area contributed by atoms with Crippen molar-refractivity contribution in [2.75, 3.05) is 0 Å². The average Bonchev–Trinajstić information content (AvgIpc) is 2.03. The van der Waals surface area contributed by atoms with Gasteiger partial charge in [0, 0.05) is 10.8 Å². The van der Waals surface area contributed by atoms with E-state index in [2.05, 4.69) is 0 Å². The Morgan fingerprint density at radius 2 is 1.64 bits per heavy atom. The van der Waals surface area contributed by atoms with Gasteiger partial charge in [0.15, 0.2) is 0 Å². The molecule has 0 spiro atoms. The quantitative estimate of drug-likeness (QED) is 0.540. The fourth-order valence-electron chi connectivity index (χ4n) is 1.10. The minimum Gasteiger partial charge on any atom is -0.508 e. The summed E-state index contributed by atoms with van der Waals surface area (Å²) in [5, 5.41) is 9.65. The Labute approximate surface area is 61.2 Å². The lowest BCUT2D eigenvalue weighted by Gasteiger charge is -1.97. The highest BCUT2D eigenvalue weighted by atomic mass is 16.3. The lowest BCUT2D eigenvalue weighted by Crippen LogP contribution is -2.30. The van der Waals surface area contributed by atoms with E-state index in [4.69, 9.17) is 5.11 Å². The first-order valence-corrected chi connectivity index (χ1v) is 3.12. The topological polar surface area (TPSA) is 54.4 Å². The number of aromatic hydroxyl groups is 1. The number of fused-ring (bicyclic) bond motifs is 1. The summed E-state index contributed by atoms with van der Waals surface area (Å²) < 4.78 is 0. The monoisotopic (exact) mass is 148 g/mol. The summed E-state index contributed by atoms with van der Waals surface area (Å²) in [5.41, 5.74) is -0.962. The number of rotatable bonds is 0. The highest BCUT2D eigenvalue weighted by Gasteiger charge is 2.11. The van der Waals surface area contributed by atoms with Crippen molar-refractivity contribution in [2.24, 2.45) is 0 Å². The van der Waals surface area contributed by atoms with E-state index in [9.17, 15) is 9.59 Å². The number of benzene rings is 1. The zero-order chi connectivity index (χ0) is 8.01. The van der Waals surface area contributed by atoms with Gasteiger partial charge in [-0.1, -0.05) is 0 Å². The zero-order valence-corrected chi connectivity index (χ0v) is 5.50. The molecule has 2 aromatic carbocycles. The van der Waals surface area contributed by atoms with E-state index >= 15 is 0 Å². The van der Waals surface area contributed by atoms with Crippen LogP contribution in [0.15, 0.2) is 27.8 Å². The Morgan fingerprint density at radius 3 is 2.36 bits per heavy atom. The maximum atomic E-state index is 10.7. The third kappa shape index (κ3) is 0.620. The van der Waals surface area contributed by atoms with Crippen LogP contribution in [0.25, 0.3) is 10.8 Å². The molecule has 11 heavy (non-hydrogen) atoms. The van der Waals surface area contributed by atoms with Crippen LogP contribution in [0.5, 0.6) is 5.75 Å². The summed E-state index contributed by atoms with van der Waals surface area (Å²) >= 11 is 0. The number of phenols is 1. The van der Waals surface area contributed by atoms with Crippen molar-refractivity contribution in [2.45, 2.75) is 0 Å². The van der Waals surface area contributed by atoms with Crippen molar-refractivity contribution >= 4 is 10.8 Å². The van der Waals surface area contributed by atoms with Crippen LogP contribution in [0.4, 0.5) is 0 Å². The van der Waals surface area contributed by atoms with Gasteiger partial charge in [-0.3, -0.25) is 9.59 Å². The molecule has 0 aliphatic rings. The summed E-state index contributed by atoms with van der Waals surface area (Å²) in [6.07, 6.45) is 0. The second kappa shape index (κ2) is 1.69. The van der Waals surface area contributed by atoms with Crippen LogP contribution in [0.3, 0.4) is 0 Å². The summed E-state index contributed by atoms with van der Waals surface area (Å²) in [4.78, 5) is 21.5. The normalized spacial score (nSPS) is 10.9. The Kier molecular flexibility index (Phi) is 0.938. The predicted molar refractivity (Wildman–Crippen MR) is 40.5 cm³/mol. The van der Waals surface area contributed by atoms with E-state index in [1.807, 2.05) is 0 Å². The van der Waals surface area contributed by atoms with Crippen molar-refractivity contribution < 1.29 is 5.11 Å². The van der Waals surface area contributed by atoms with Crippen LogP contribution in [0.1, 0.15) is 0 Å². The van der Waals surface area contributed by atoms with Crippen LogP contribution in [-0.4, -0.2) is 5.11 Å². The fraction of sp³-hybridized carbons (Fsp3) is 0. The summed E-state index contributed by atoms with van der Waals surface area (Å²) in [5.74, 6) is 0.0181. The van der Waals surface area contributed by atoms with Crippen LogP contribution < -0.4 is 10.9 Å². The Hall–Kier alpha value is -1.64. The van der Waals surface area contributed by atoms with Gasteiger partial charge in [-0.05, 0) is 18.2 Å². The number of hydrogen-bond acceptors (Lipinski definition) is 3. The molecule has 0 fully saturated rings. The smallest absolute Gasteiger partial charge is 0.234 e. The molecule has 3 heteroatoms. The van der Waals surface area contributed by atoms with Gasteiger partial charge < -0.3 is 5.11 Å². The summed E-state index contributed by atoms with van der Waals surface area (Å²) in [6.45, 7) is 0. The molecular formula is C8H4O3. The summed E-state index contributed by atoms with van der Waals surface area (Å²) in [7, 11) is 0. The highest BCUT2D eigenvalue weighted by Crippen LogP contribution is 2.14. The van der Waals surface area contributed by atoms with Crippen LogP contribution >= 0.6 is 0 Å². The van der Waals surface area contributed by atoms with Gasteiger partial charge in [0.2, 0.25) is 10.9 Å². The number of hydrogen-bond donors (Lipinski definition) is 1. The van der Waals surface area contributed by atoms with E-state index in [1.54, 1.807) is 0 Å². The van der Waals surface area contributed by atoms with Gasteiger partial charge in [-0.25, -0.2) is 0 Å². The molecule has 0 aromatic heterocycles. The molecule has 3 nitrogen and oxygen atoms in total. The average molecular weight is 148 g/mol. The van der Waals surface area contributed by atoms with Gasteiger partial charge in [0.25, 0.3) is 0 Å². The van der Waals surface area contributed by atoms with Crippen molar-refractivity contribution in [3.63, 3.8) is 0 Å². The number of phenolic OH excluding ortho intramolecular Hbond substituents is 1. The van der Waals surface area contributed by atoms with Gasteiger partial charge in [0.1, 0.15) is 5.75 Å². The lowest BCUT2D eigenvalue weighted by atomic mass is 10.1. The zero-order valence-electron chi connectivity index (χ0n) is 5.50. The second-order valence-corrected chi connectivity index (χ2v) is 2.39. The van der Waals surface area contributed by atoms with Crippen LogP contribution in [0.2, 0.25) is 0 Å². The molecule has 0 unspecified atom stereocenters. The van der Waals surface area contributed by atoms with E-state index in [-0.39, 0.29) is 5.75 Å².